The molecule has 3 rings (SSSR count). The summed E-state index contributed by atoms with van der Waals surface area (Å²) < 4.78 is 5.58. The van der Waals surface area contributed by atoms with E-state index in [1.54, 1.807) is 0 Å². The van der Waals surface area contributed by atoms with Crippen LogP contribution in [-0.2, 0) is 4.79 Å². The van der Waals surface area contributed by atoms with E-state index in [2.05, 4.69) is 10.2 Å². The molecule has 1 saturated heterocycles. The Morgan fingerprint density at radius 3 is 2.72 bits per heavy atom. The molecule has 0 aromatic heterocycles. The lowest BCUT2D eigenvalue weighted by Crippen LogP contribution is -2.31. The van der Waals surface area contributed by atoms with E-state index in [1.165, 1.54) is 19.3 Å². The Balaban J connectivity index is 1.66. The highest BCUT2D eigenvalue weighted by Crippen LogP contribution is 2.30. The van der Waals surface area contributed by atoms with Crippen molar-refractivity contribution in [2.24, 2.45) is 0 Å². The molecule has 0 aliphatic carbocycles. The number of hydrogen-bond donors (Lipinski definition) is 2. The Hall–Kier alpha value is -2.69. The number of carbonyl (C=O) groups is 1. The first-order valence-corrected chi connectivity index (χ1v) is 8.75. The number of rotatable bonds is 5. The van der Waals surface area contributed by atoms with Crippen LogP contribution in [0.3, 0.4) is 0 Å². The van der Waals surface area contributed by atoms with E-state index in [1.807, 2.05) is 49.4 Å². The van der Waals surface area contributed by atoms with Crippen LogP contribution in [0.4, 0.5) is 17.1 Å². The molecule has 5 nitrogen and oxygen atoms in total. The van der Waals surface area contributed by atoms with Crippen LogP contribution < -0.4 is 20.7 Å². The number of nitrogens with zero attached hydrogens (tertiary/aromatic N) is 1. The Labute approximate surface area is 148 Å². The number of ether oxygens (including phenoxy) is 1. The molecule has 1 amide bonds. The van der Waals surface area contributed by atoms with Crippen molar-refractivity contribution >= 4 is 23.0 Å². The molecule has 0 saturated carbocycles. The van der Waals surface area contributed by atoms with Gasteiger partial charge in [-0.15, -0.1) is 0 Å². The van der Waals surface area contributed by atoms with E-state index >= 15 is 0 Å². The lowest BCUT2D eigenvalue weighted by Gasteiger charge is -2.30. The van der Waals surface area contributed by atoms with E-state index in [9.17, 15) is 4.79 Å². The fraction of sp³-hybridized carbons (Fsp3) is 0.350. The molecule has 2 aromatic carbocycles. The Morgan fingerprint density at radius 2 is 1.96 bits per heavy atom. The second kappa shape index (κ2) is 7.92. The molecule has 0 unspecified atom stereocenters. The normalized spacial score (nSPS) is 14.2. The third-order valence-electron chi connectivity index (χ3n) is 4.35. The van der Waals surface area contributed by atoms with Crippen molar-refractivity contribution in [2.75, 3.05) is 35.6 Å². The Kier molecular flexibility index (Phi) is 5.43. The number of piperidine rings is 1. The van der Waals surface area contributed by atoms with Crippen molar-refractivity contribution in [1.29, 1.82) is 0 Å². The topological polar surface area (TPSA) is 67.6 Å². The molecule has 5 heteroatoms. The van der Waals surface area contributed by atoms with Gasteiger partial charge in [0, 0.05) is 18.8 Å². The number of nitrogens with one attached hydrogen (secondary N) is 1. The molecule has 25 heavy (non-hydrogen) atoms. The van der Waals surface area contributed by atoms with Crippen LogP contribution in [0.1, 0.15) is 24.8 Å². The van der Waals surface area contributed by atoms with Gasteiger partial charge in [0.25, 0.3) is 5.91 Å². The van der Waals surface area contributed by atoms with E-state index in [0.29, 0.717) is 11.4 Å². The second-order valence-electron chi connectivity index (χ2n) is 6.48. The van der Waals surface area contributed by atoms with Gasteiger partial charge in [-0.05, 0) is 62.1 Å². The van der Waals surface area contributed by atoms with Gasteiger partial charge in [-0.25, -0.2) is 0 Å². The molecule has 3 N–H and O–H groups in total. The highest BCUT2D eigenvalue weighted by molar-refractivity contribution is 5.96. The minimum absolute atomic E-state index is 0.0301. The number of anilines is 3. The van der Waals surface area contributed by atoms with Gasteiger partial charge in [-0.2, -0.15) is 0 Å². The van der Waals surface area contributed by atoms with Crippen LogP contribution in [0.25, 0.3) is 0 Å². The number of nitrogen functional groups attached to an aromatic ring is 1. The summed E-state index contributed by atoms with van der Waals surface area (Å²) in [6.45, 7) is 3.97. The standard InChI is InChI=1S/C20H25N3O2/c1-15-6-5-7-17(12-15)25-14-20(24)22-18-13-16(21)8-9-19(18)23-10-3-2-4-11-23/h5-9,12-13H,2-4,10-11,14,21H2,1H3,(H,22,24). The molecule has 1 fully saturated rings. The van der Waals surface area contributed by atoms with Gasteiger partial charge in [0.05, 0.1) is 11.4 Å². The van der Waals surface area contributed by atoms with Crippen LogP contribution >= 0.6 is 0 Å². The largest absolute Gasteiger partial charge is 0.484 e. The van der Waals surface area contributed by atoms with Crippen LogP contribution in [-0.4, -0.2) is 25.6 Å². The van der Waals surface area contributed by atoms with Crippen molar-refractivity contribution in [2.45, 2.75) is 26.2 Å². The zero-order valence-electron chi connectivity index (χ0n) is 14.6. The van der Waals surface area contributed by atoms with Gasteiger partial charge in [-0.3, -0.25) is 4.79 Å². The smallest absolute Gasteiger partial charge is 0.262 e. The van der Waals surface area contributed by atoms with E-state index < -0.39 is 0 Å². The molecule has 1 aliphatic heterocycles. The second-order valence-corrected chi connectivity index (χ2v) is 6.48. The molecule has 0 atom stereocenters. The number of aryl methyl sites for hydroxylation is 1. The Bertz CT molecular complexity index is 739. The van der Waals surface area contributed by atoms with Gasteiger partial charge in [0.2, 0.25) is 0 Å². The third-order valence-corrected chi connectivity index (χ3v) is 4.35. The fourth-order valence-electron chi connectivity index (χ4n) is 3.10. The maximum atomic E-state index is 12.3. The minimum Gasteiger partial charge on any atom is -0.484 e. The predicted molar refractivity (Wildman–Crippen MR) is 102 cm³/mol. The quantitative estimate of drug-likeness (QED) is 0.817. The van der Waals surface area contributed by atoms with E-state index in [4.69, 9.17) is 10.5 Å². The minimum atomic E-state index is -0.189. The van der Waals surface area contributed by atoms with Crippen LogP contribution in [0.5, 0.6) is 5.75 Å². The van der Waals surface area contributed by atoms with E-state index in [0.717, 1.165) is 30.0 Å². The van der Waals surface area contributed by atoms with Gasteiger partial charge < -0.3 is 20.7 Å². The number of nitrogens with two attached hydrogens (primary N) is 1. The summed E-state index contributed by atoms with van der Waals surface area (Å²) in [7, 11) is 0. The van der Waals surface area contributed by atoms with Crippen LogP contribution in [0.15, 0.2) is 42.5 Å². The van der Waals surface area contributed by atoms with Gasteiger partial charge in [0.15, 0.2) is 6.61 Å². The van der Waals surface area contributed by atoms with Crippen molar-refractivity contribution < 1.29 is 9.53 Å². The van der Waals surface area contributed by atoms with Crippen molar-refractivity contribution in [3.8, 4) is 5.75 Å². The Morgan fingerprint density at radius 1 is 1.16 bits per heavy atom. The average Bonchev–Trinajstić information content (AvgIpc) is 2.61. The van der Waals surface area contributed by atoms with Gasteiger partial charge in [0.1, 0.15) is 5.75 Å². The summed E-state index contributed by atoms with van der Waals surface area (Å²) in [5.74, 6) is 0.504. The maximum absolute atomic E-state index is 12.3. The summed E-state index contributed by atoms with van der Waals surface area (Å²) >= 11 is 0. The van der Waals surface area contributed by atoms with E-state index in [-0.39, 0.29) is 12.5 Å². The first kappa shape index (κ1) is 17.1. The summed E-state index contributed by atoms with van der Waals surface area (Å²) in [6, 6.07) is 13.3. The SMILES string of the molecule is Cc1cccc(OCC(=O)Nc2cc(N)ccc2N2CCCCC2)c1. The molecule has 1 heterocycles. The lowest BCUT2D eigenvalue weighted by atomic mass is 10.1. The fourth-order valence-corrected chi connectivity index (χ4v) is 3.10. The number of benzene rings is 2. The number of carbonyl (C=O) groups excluding carboxylic acids is 1. The van der Waals surface area contributed by atoms with Crippen molar-refractivity contribution in [3.63, 3.8) is 0 Å². The highest BCUT2D eigenvalue weighted by Gasteiger charge is 2.16. The molecule has 0 radical (unpaired) electrons. The summed E-state index contributed by atoms with van der Waals surface area (Å²) in [5.41, 5.74) is 9.42. The van der Waals surface area contributed by atoms with Crippen molar-refractivity contribution in [3.05, 3.63) is 48.0 Å². The predicted octanol–water partition coefficient (Wildman–Crippen LogP) is 3.59. The molecule has 132 valence electrons. The van der Waals surface area contributed by atoms with Crippen LogP contribution in [0, 0.1) is 6.92 Å². The van der Waals surface area contributed by atoms with Crippen molar-refractivity contribution in [1.82, 2.24) is 0 Å². The number of amides is 1. The average molecular weight is 339 g/mol. The molecule has 2 aromatic rings. The van der Waals surface area contributed by atoms with Gasteiger partial charge in [-0.1, -0.05) is 12.1 Å². The first-order valence-electron chi connectivity index (χ1n) is 8.75. The molecule has 0 bridgehead atoms. The zero-order valence-corrected chi connectivity index (χ0v) is 14.6. The molecule has 0 spiro atoms. The lowest BCUT2D eigenvalue weighted by molar-refractivity contribution is -0.118. The summed E-state index contributed by atoms with van der Waals surface area (Å²) in [5, 5.41) is 2.95. The molecule has 1 aliphatic rings. The first-order chi connectivity index (χ1) is 12.1. The third kappa shape index (κ3) is 4.66. The van der Waals surface area contributed by atoms with Gasteiger partial charge >= 0.3 is 0 Å². The summed E-state index contributed by atoms with van der Waals surface area (Å²) in [6.07, 6.45) is 3.61. The maximum Gasteiger partial charge on any atom is 0.262 e. The number of hydrogen-bond acceptors (Lipinski definition) is 4. The molecular weight excluding hydrogens is 314 g/mol. The monoisotopic (exact) mass is 339 g/mol. The molecular formula is C20H25N3O2. The zero-order chi connectivity index (χ0) is 17.6. The highest BCUT2D eigenvalue weighted by atomic mass is 16.5. The van der Waals surface area contributed by atoms with Crippen LogP contribution in [0.2, 0.25) is 0 Å². The summed E-state index contributed by atoms with van der Waals surface area (Å²) in [4.78, 5) is 14.6.